The average Bonchev–Trinajstić information content (AvgIpc) is 2.86. The molecule has 0 aromatic carbocycles. The van der Waals surface area contributed by atoms with Crippen LogP contribution in [0.2, 0.25) is 0 Å². The topological polar surface area (TPSA) is 21.1 Å². The van der Waals surface area contributed by atoms with Crippen LogP contribution in [0.25, 0.3) is 0 Å². The molecule has 0 fully saturated rings. The molecule has 0 atom stereocenters. The fourth-order valence-electron chi connectivity index (χ4n) is 3.38. The van der Waals surface area contributed by atoms with Crippen molar-refractivity contribution in [2.45, 2.75) is 52.6 Å². The van der Waals surface area contributed by atoms with Crippen molar-refractivity contribution >= 4 is 12.6 Å². The minimum atomic E-state index is 0.390. The maximum Gasteiger partial charge on any atom is 0.122 e. The molecule has 108 valence electrons. The molecule has 1 aromatic heterocycles. The molecule has 0 N–H and O–H groups in total. The van der Waals surface area contributed by atoms with Crippen molar-refractivity contribution in [1.29, 1.82) is 0 Å². The highest BCUT2D eigenvalue weighted by Crippen LogP contribution is 2.33. The van der Waals surface area contributed by atoms with Crippen molar-refractivity contribution in [2.75, 3.05) is 18.8 Å². The number of hydrogen-bond acceptors (Lipinski definition) is 3. The van der Waals surface area contributed by atoms with E-state index in [0.717, 1.165) is 25.4 Å². The largest absolute Gasteiger partial charge is 0.333 e. The maximum atomic E-state index is 4.66. The zero-order chi connectivity index (χ0) is 13.7. The molecule has 1 aliphatic rings. The van der Waals surface area contributed by atoms with Gasteiger partial charge in [0.2, 0.25) is 0 Å². The summed E-state index contributed by atoms with van der Waals surface area (Å²) in [6.45, 7) is 8.97. The van der Waals surface area contributed by atoms with E-state index in [1.807, 2.05) is 6.20 Å². The summed E-state index contributed by atoms with van der Waals surface area (Å²) in [4.78, 5) is 7.03. The van der Waals surface area contributed by atoms with E-state index in [4.69, 9.17) is 0 Å². The number of thiol groups is 1. The quantitative estimate of drug-likeness (QED) is 0.775. The predicted octanol–water partition coefficient (Wildman–Crippen LogP) is 3.22. The Morgan fingerprint density at radius 3 is 2.63 bits per heavy atom. The van der Waals surface area contributed by atoms with Crippen LogP contribution in [0.15, 0.2) is 12.4 Å². The number of nitrogens with zero attached hydrogens (tertiary/aromatic N) is 3. The summed E-state index contributed by atoms with van der Waals surface area (Å²) in [5.41, 5.74) is 0.390. The molecule has 0 saturated carbocycles. The third-order valence-corrected chi connectivity index (χ3v) is 4.95. The standard InChI is InChI=1S/C15H27N3S/c1-3-5-15(13-19,6-4-2)12-17-9-10-18-8-7-16-14(18)11-17/h7-8,19H,3-6,9-13H2,1-2H3. The lowest BCUT2D eigenvalue weighted by Crippen LogP contribution is -2.43. The van der Waals surface area contributed by atoms with Gasteiger partial charge in [0, 0.05) is 32.0 Å². The number of hydrogen-bond donors (Lipinski definition) is 1. The van der Waals surface area contributed by atoms with Crippen LogP contribution in [0, 0.1) is 5.41 Å². The van der Waals surface area contributed by atoms with Crippen molar-refractivity contribution in [2.24, 2.45) is 5.41 Å². The fraction of sp³-hybridized carbons (Fsp3) is 0.800. The van der Waals surface area contributed by atoms with E-state index in [1.165, 1.54) is 38.1 Å². The minimum absolute atomic E-state index is 0.390. The van der Waals surface area contributed by atoms with Crippen molar-refractivity contribution < 1.29 is 0 Å². The van der Waals surface area contributed by atoms with Crippen molar-refractivity contribution in [3.63, 3.8) is 0 Å². The van der Waals surface area contributed by atoms with Gasteiger partial charge in [-0.05, 0) is 24.0 Å². The van der Waals surface area contributed by atoms with Gasteiger partial charge in [-0.1, -0.05) is 26.7 Å². The molecular weight excluding hydrogens is 254 g/mol. The van der Waals surface area contributed by atoms with Gasteiger partial charge in [-0.25, -0.2) is 4.98 Å². The second-order valence-corrected chi connectivity index (χ2v) is 6.22. The average molecular weight is 281 g/mol. The molecule has 0 spiro atoms. The van der Waals surface area contributed by atoms with Gasteiger partial charge in [-0.2, -0.15) is 12.6 Å². The lowest BCUT2D eigenvalue weighted by atomic mass is 9.80. The number of rotatable bonds is 7. The van der Waals surface area contributed by atoms with E-state index in [-0.39, 0.29) is 0 Å². The van der Waals surface area contributed by atoms with Crippen LogP contribution < -0.4 is 0 Å². The van der Waals surface area contributed by atoms with E-state index in [2.05, 4.69) is 47.1 Å². The van der Waals surface area contributed by atoms with Crippen molar-refractivity contribution in [3.05, 3.63) is 18.2 Å². The Morgan fingerprint density at radius 2 is 2.00 bits per heavy atom. The highest BCUT2D eigenvalue weighted by molar-refractivity contribution is 7.80. The number of imidazole rings is 1. The van der Waals surface area contributed by atoms with Gasteiger partial charge >= 0.3 is 0 Å². The predicted molar refractivity (Wildman–Crippen MR) is 83.6 cm³/mol. The van der Waals surface area contributed by atoms with Crippen LogP contribution >= 0.6 is 12.6 Å². The summed E-state index contributed by atoms with van der Waals surface area (Å²) in [5, 5.41) is 0. The molecule has 3 nitrogen and oxygen atoms in total. The van der Waals surface area contributed by atoms with E-state index in [9.17, 15) is 0 Å². The molecule has 0 aliphatic carbocycles. The zero-order valence-corrected chi connectivity index (χ0v) is 13.2. The Balaban J connectivity index is 2.02. The second kappa shape index (κ2) is 6.80. The Kier molecular flexibility index (Phi) is 5.34. The van der Waals surface area contributed by atoms with Gasteiger partial charge in [-0.3, -0.25) is 4.90 Å². The summed E-state index contributed by atoms with van der Waals surface area (Å²) in [6, 6.07) is 0. The molecule has 0 bridgehead atoms. The lowest BCUT2D eigenvalue weighted by molar-refractivity contribution is 0.120. The summed E-state index contributed by atoms with van der Waals surface area (Å²) < 4.78 is 2.28. The Bertz CT molecular complexity index is 382. The molecule has 0 saturated heterocycles. The molecule has 4 heteroatoms. The van der Waals surface area contributed by atoms with Crippen LogP contribution in [-0.4, -0.2) is 33.3 Å². The molecule has 2 heterocycles. The molecule has 1 aliphatic heterocycles. The SMILES string of the molecule is CCCC(CS)(CCC)CN1CCn2ccnc2C1. The van der Waals surface area contributed by atoms with E-state index < -0.39 is 0 Å². The highest BCUT2D eigenvalue weighted by atomic mass is 32.1. The van der Waals surface area contributed by atoms with Gasteiger partial charge in [0.1, 0.15) is 5.82 Å². The van der Waals surface area contributed by atoms with Gasteiger partial charge < -0.3 is 4.57 Å². The normalized spacial score (nSPS) is 16.6. The Labute approximate surface area is 122 Å². The van der Waals surface area contributed by atoms with Gasteiger partial charge in [0.25, 0.3) is 0 Å². The summed E-state index contributed by atoms with van der Waals surface area (Å²) >= 11 is 4.66. The summed E-state index contributed by atoms with van der Waals surface area (Å²) in [5.74, 6) is 2.21. The highest BCUT2D eigenvalue weighted by Gasteiger charge is 2.30. The first-order chi connectivity index (χ1) is 9.23. The zero-order valence-electron chi connectivity index (χ0n) is 12.3. The third kappa shape index (κ3) is 3.54. The monoisotopic (exact) mass is 281 g/mol. The fourth-order valence-corrected chi connectivity index (χ4v) is 3.80. The second-order valence-electron chi connectivity index (χ2n) is 5.91. The van der Waals surface area contributed by atoms with Crippen LogP contribution in [0.3, 0.4) is 0 Å². The van der Waals surface area contributed by atoms with Gasteiger partial charge in [-0.15, -0.1) is 0 Å². The molecule has 1 aromatic rings. The Morgan fingerprint density at radius 1 is 1.26 bits per heavy atom. The van der Waals surface area contributed by atoms with Crippen LogP contribution in [0.1, 0.15) is 45.4 Å². The van der Waals surface area contributed by atoms with Gasteiger partial charge in [0.15, 0.2) is 0 Å². The van der Waals surface area contributed by atoms with Gasteiger partial charge in [0.05, 0.1) is 6.54 Å². The Hall–Kier alpha value is -0.480. The number of fused-ring (bicyclic) bond motifs is 1. The minimum Gasteiger partial charge on any atom is -0.333 e. The van der Waals surface area contributed by atoms with Crippen molar-refractivity contribution in [1.82, 2.24) is 14.5 Å². The molecule has 0 unspecified atom stereocenters. The van der Waals surface area contributed by atoms with E-state index in [1.54, 1.807) is 0 Å². The molecular formula is C15H27N3S. The smallest absolute Gasteiger partial charge is 0.122 e. The molecule has 2 rings (SSSR count). The first-order valence-corrected chi connectivity index (χ1v) is 8.19. The van der Waals surface area contributed by atoms with E-state index >= 15 is 0 Å². The summed E-state index contributed by atoms with van der Waals surface area (Å²) in [7, 11) is 0. The van der Waals surface area contributed by atoms with Crippen LogP contribution in [0.4, 0.5) is 0 Å². The molecule has 19 heavy (non-hydrogen) atoms. The number of aromatic nitrogens is 2. The lowest BCUT2D eigenvalue weighted by Gasteiger charge is -2.39. The van der Waals surface area contributed by atoms with Crippen molar-refractivity contribution in [3.8, 4) is 0 Å². The molecule has 0 radical (unpaired) electrons. The maximum absolute atomic E-state index is 4.66. The first kappa shape index (κ1) is 14.9. The summed E-state index contributed by atoms with van der Waals surface area (Å²) in [6.07, 6.45) is 9.09. The third-order valence-electron chi connectivity index (χ3n) is 4.28. The molecule has 0 amide bonds. The first-order valence-electron chi connectivity index (χ1n) is 7.56. The van der Waals surface area contributed by atoms with E-state index in [0.29, 0.717) is 5.41 Å². The van der Waals surface area contributed by atoms with Crippen LogP contribution in [0.5, 0.6) is 0 Å². The van der Waals surface area contributed by atoms with Crippen LogP contribution in [-0.2, 0) is 13.1 Å².